The molecule has 6 nitrogen and oxygen atoms in total. The maximum Gasteiger partial charge on any atom is 0.335 e. The zero-order chi connectivity index (χ0) is 21.1. The Morgan fingerprint density at radius 2 is 1.70 bits per heavy atom. The monoisotopic (exact) mass is 418 g/mol. The Morgan fingerprint density at radius 3 is 2.47 bits per heavy atom. The lowest BCUT2D eigenvalue weighted by Crippen LogP contribution is -2.54. The highest BCUT2D eigenvalue weighted by molar-refractivity contribution is 7.99. The summed E-state index contributed by atoms with van der Waals surface area (Å²) in [6.07, 6.45) is 2.00. The molecule has 3 aromatic rings. The van der Waals surface area contributed by atoms with Crippen LogP contribution in [0.2, 0.25) is 0 Å². The number of benzene rings is 2. The molecule has 1 aromatic heterocycles. The lowest BCUT2D eigenvalue weighted by atomic mass is 10.1. The van der Waals surface area contributed by atoms with Gasteiger partial charge in [-0.3, -0.25) is 14.9 Å². The normalized spacial score (nSPS) is 15.6. The van der Waals surface area contributed by atoms with E-state index < -0.39 is 17.8 Å². The molecular formula is C23H18N2O4S. The molecule has 1 aliphatic heterocycles. The van der Waals surface area contributed by atoms with Crippen molar-refractivity contribution in [1.82, 2.24) is 5.32 Å². The fourth-order valence-electron chi connectivity index (χ4n) is 3.12. The molecule has 4 amide bonds. The van der Waals surface area contributed by atoms with Gasteiger partial charge in [0.05, 0.1) is 5.69 Å². The fraction of sp³-hybridized carbons (Fsp3) is 0.0870. The van der Waals surface area contributed by atoms with E-state index >= 15 is 0 Å². The molecule has 0 unspecified atom stereocenters. The van der Waals surface area contributed by atoms with Crippen LogP contribution in [0.3, 0.4) is 0 Å². The lowest BCUT2D eigenvalue weighted by Gasteiger charge is -2.27. The molecule has 0 bridgehead atoms. The van der Waals surface area contributed by atoms with Gasteiger partial charge in [0, 0.05) is 4.90 Å². The van der Waals surface area contributed by atoms with Crippen LogP contribution in [0.15, 0.2) is 86.7 Å². The lowest BCUT2D eigenvalue weighted by molar-refractivity contribution is -0.122. The first-order valence-electron chi connectivity index (χ1n) is 9.39. The number of nitrogens with zero attached hydrogens (tertiary/aromatic N) is 1. The van der Waals surface area contributed by atoms with Crippen molar-refractivity contribution in [3.05, 3.63) is 83.6 Å². The number of hydrogen-bond acceptors (Lipinski definition) is 5. The Kier molecular flexibility index (Phi) is 5.54. The number of hydrogen-bond donors (Lipinski definition) is 1. The van der Waals surface area contributed by atoms with Gasteiger partial charge in [-0.05, 0) is 48.4 Å². The molecule has 0 radical (unpaired) electrons. The SMILES string of the molecule is CCc1ccccc1N1C(=O)NC(=O)/C(=C\c2ccc(Sc3ccccc3)o2)C1=O. The number of carbonyl (C=O) groups is 3. The van der Waals surface area contributed by atoms with Crippen LogP contribution in [-0.2, 0) is 16.0 Å². The first-order valence-corrected chi connectivity index (χ1v) is 10.2. The quantitative estimate of drug-likeness (QED) is 0.482. The van der Waals surface area contributed by atoms with Crippen LogP contribution >= 0.6 is 11.8 Å². The van der Waals surface area contributed by atoms with Crippen LogP contribution in [0.5, 0.6) is 0 Å². The summed E-state index contributed by atoms with van der Waals surface area (Å²) in [5.41, 5.74) is 1.13. The molecule has 30 heavy (non-hydrogen) atoms. The molecule has 1 N–H and O–H groups in total. The summed E-state index contributed by atoms with van der Waals surface area (Å²) in [6.45, 7) is 1.93. The van der Waals surface area contributed by atoms with Gasteiger partial charge in [0.25, 0.3) is 11.8 Å². The van der Waals surface area contributed by atoms with Gasteiger partial charge in [0.15, 0.2) is 5.09 Å². The van der Waals surface area contributed by atoms with Crippen molar-refractivity contribution in [2.75, 3.05) is 4.90 Å². The summed E-state index contributed by atoms with van der Waals surface area (Å²) in [4.78, 5) is 39.8. The number of carbonyl (C=O) groups excluding carboxylic acids is 3. The van der Waals surface area contributed by atoms with E-state index in [1.54, 1.807) is 24.3 Å². The van der Waals surface area contributed by atoms with Crippen molar-refractivity contribution in [1.29, 1.82) is 0 Å². The number of amides is 4. The Morgan fingerprint density at radius 1 is 0.967 bits per heavy atom. The highest BCUT2D eigenvalue weighted by Crippen LogP contribution is 2.30. The predicted octanol–water partition coefficient (Wildman–Crippen LogP) is 4.66. The Hall–Kier alpha value is -3.58. The van der Waals surface area contributed by atoms with Crippen molar-refractivity contribution >= 4 is 41.4 Å². The third-order valence-corrected chi connectivity index (χ3v) is 5.49. The van der Waals surface area contributed by atoms with Crippen LogP contribution in [0.4, 0.5) is 10.5 Å². The van der Waals surface area contributed by atoms with Crippen LogP contribution in [-0.4, -0.2) is 17.8 Å². The zero-order valence-corrected chi connectivity index (χ0v) is 16.9. The van der Waals surface area contributed by atoms with Crippen LogP contribution in [0, 0.1) is 0 Å². The van der Waals surface area contributed by atoms with Gasteiger partial charge in [-0.1, -0.05) is 55.1 Å². The predicted molar refractivity (Wildman–Crippen MR) is 114 cm³/mol. The second kappa shape index (κ2) is 8.42. The number of aryl methyl sites for hydroxylation is 1. The first-order chi connectivity index (χ1) is 14.6. The Labute approximate surface area is 177 Å². The molecule has 1 fully saturated rings. The second-order valence-electron chi connectivity index (χ2n) is 6.51. The summed E-state index contributed by atoms with van der Waals surface area (Å²) < 4.78 is 5.75. The molecule has 2 heterocycles. The van der Waals surface area contributed by atoms with Gasteiger partial charge in [-0.15, -0.1) is 0 Å². The minimum absolute atomic E-state index is 0.161. The number of barbiturate groups is 1. The van der Waals surface area contributed by atoms with E-state index in [4.69, 9.17) is 4.42 Å². The smallest absolute Gasteiger partial charge is 0.335 e. The van der Waals surface area contributed by atoms with E-state index in [0.717, 1.165) is 15.4 Å². The number of furan rings is 1. The molecule has 4 rings (SSSR count). The summed E-state index contributed by atoms with van der Waals surface area (Å²) in [6, 6.07) is 19.5. The zero-order valence-electron chi connectivity index (χ0n) is 16.1. The number of urea groups is 1. The van der Waals surface area contributed by atoms with Gasteiger partial charge in [0.2, 0.25) is 0 Å². The van der Waals surface area contributed by atoms with E-state index in [0.29, 0.717) is 23.0 Å². The van der Waals surface area contributed by atoms with Crippen molar-refractivity contribution < 1.29 is 18.8 Å². The Balaban J connectivity index is 1.63. The van der Waals surface area contributed by atoms with Crippen LogP contribution in [0.25, 0.3) is 6.08 Å². The minimum Gasteiger partial charge on any atom is -0.450 e. The molecule has 0 spiro atoms. The first kappa shape index (κ1) is 19.7. The topological polar surface area (TPSA) is 79.6 Å². The maximum absolute atomic E-state index is 13.0. The molecule has 0 atom stereocenters. The number of imide groups is 2. The van der Waals surface area contributed by atoms with E-state index in [1.165, 1.54) is 17.8 Å². The number of rotatable bonds is 5. The molecule has 1 aliphatic rings. The average Bonchev–Trinajstić information content (AvgIpc) is 3.19. The van der Waals surface area contributed by atoms with E-state index in [1.807, 2.05) is 49.4 Å². The average molecular weight is 418 g/mol. The Bertz CT molecular complexity index is 1150. The second-order valence-corrected chi connectivity index (χ2v) is 7.59. The molecule has 2 aromatic carbocycles. The van der Waals surface area contributed by atoms with Crippen LogP contribution < -0.4 is 10.2 Å². The van der Waals surface area contributed by atoms with E-state index in [2.05, 4.69) is 5.32 Å². The number of anilines is 1. The molecule has 7 heteroatoms. The van der Waals surface area contributed by atoms with Crippen molar-refractivity contribution in [2.45, 2.75) is 23.3 Å². The summed E-state index contributed by atoms with van der Waals surface area (Å²) in [5.74, 6) is -1.08. The van der Waals surface area contributed by atoms with Crippen molar-refractivity contribution in [2.24, 2.45) is 0 Å². The fourth-order valence-corrected chi connectivity index (χ4v) is 3.92. The van der Waals surface area contributed by atoms with Crippen LogP contribution in [0.1, 0.15) is 18.2 Å². The number of para-hydroxylation sites is 1. The third-order valence-electron chi connectivity index (χ3n) is 4.57. The van der Waals surface area contributed by atoms with Gasteiger partial charge < -0.3 is 4.42 Å². The molecule has 0 aliphatic carbocycles. The largest absolute Gasteiger partial charge is 0.450 e. The van der Waals surface area contributed by atoms with E-state index in [9.17, 15) is 14.4 Å². The van der Waals surface area contributed by atoms with E-state index in [-0.39, 0.29) is 5.57 Å². The van der Waals surface area contributed by atoms with Gasteiger partial charge in [-0.25, -0.2) is 9.69 Å². The third kappa shape index (κ3) is 3.92. The highest BCUT2D eigenvalue weighted by Gasteiger charge is 2.37. The molecule has 150 valence electrons. The van der Waals surface area contributed by atoms with Gasteiger partial charge in [0.1, 0.15) is 11.3 Å². The molecular weight excluding hydrogens is 400 g/mol. The maximum atomic E-state index is 13.0. The summed E-state index contributed by atoms with van der Waals surface area (Å²) in [7, 11) is 0. The summed E-state index contributed by atoms with van der Waals surface area (Å²) in [5, 5.41) is 2.86. The van der Waals surface area contributed by atoms with Crippen molar-refractivity contribution in [3.8, 4) is 0 Å². The van der Waals surface area contributed by atoms with Crippen molar-refractivity contribution in [3.63, 3.8) is 0 Å². The summed E-state index contributed by atoms with van der Waals surface area (Å²) >= 11 is 1.43. The molecule has 0 saturated carbocycles. The minimum atomic E-state index is -0.761. The van der Waals surface area contributed by atoms with Gasteiger partial charge in [-0.2, -0.15) is 0 Å². The number of nitrogens with one attached hydrogen (secondary N) is 1. The highest BCUT2D eigenvalue weighted by atomic mass is 32.2. The molecule has 1 saturated heterocycles. The van der Waals surface area contributed by atoms with Gasteiger partial charge >= 0.3 is 6.03 Å². The standard InChI is InChI=1S/C23H18N2O4S/c1-2-15-8-6-7-11-19(15)25-22(27)18(21(26)24-23(25)28)14-16-12-13-20(29-16)30-17-9-4-3-5-10-17/h3-14H,2H2,1H3,(H,24,26,28)/b18-14+.